The van der Waals surface area contributed by atoms with Crippen LogP contribution in [-0.4, -0.2) is 48.3 Å². The van der Waals surface area contributed by atoms with Gasteiger partial charge in [0, 0.05) is 30.4 Å². The van der Waals surface area contributed by atoms with Crippen LogP contribution in [0.2, 0.25) is 0 Å². The summed E-state index contributed by atoms with van der Waals surface area (Å²) in [5, 5.41) is 9.61. The summed E-state index contributed by atoms with van der Waals surface area (Å²) in [5.74, 6) is 0. The van der Waals surface area contributed by atoms with Gasteiger partial charge in [-0.2, -0.15) is 0 Å². The molecule has 0 amide bonds. The van der Waals surface area contributed by atoms with E-state index in [2.05, 4.69) is 61.9 Å². The summed E-state index contributed by atoms with van der Waals surface area (Å²) in [6.45, 7) is 8.84. The molecule has 1 aliphatic rings. The van der Waals surface area contributed by atoms with E-state index in [0.717, 1.165) is 19.5 Å². The first-order valence-corrected chi connectivity index (χ1v) is 7.09. The predicted molar refractivity (Wildman–Crippen MR) is 80.7 cm³/mol. The Balaban J connectivity index is 2.33. The zero-order valence-corrected chi connectivity index (χ0v) is 12.6. The minimum atomic E-state index is 0.117. The normalized spacial score (nSPS) is 24.3. The van der Waals surface area contributed by atoms with Gasteiger partial charge in [0.05, 0.1) is 6.61 Å². The molecule has 0 aliphatic carbocycles. The van der Waals surface area contributed by atoms with Crippen LogP contribution in [-0.2, 0) is 0 Å². The van der Waals surface area contributed by atoms with Crippen LogP contribution in [0.4, 0.5) is 5.69 Å². The van der Waals surface area contributed by atoms with E-state index in [9.17, 15) is 5.11 Å². The van der Waals surface area contributed by atoms with Gasteiger partial charge in [0.25, 0.3) is 0 Å². The molecule has 1 aromatic rings. The van der Waals surface area contributed by atoms with Crippen molar-refractivity contribution in [3.63, 3.8) is 0 Å². The molecule has 3 heteroatoms. The van der Waals surface area contributed by atoms with Crippen LogP contribution >= 0.6 is 0 Å². The van der Waals surface area contributed by atoms with Crippen molar-refractivity contribution in [2.24, 2.45) is 0 Å². The SMILES string of the molecule is Cc1cccc(N2CC(CO)N(C)CCC2(C)C)c1. The summed E-state index contributed by atoms with van der Waals surface area (Å²) in [4.78, 5) is 4.72. The second-order valence-corrected chi connectivity index (χ2v) is 6.33. The first kappa shape index (κ1) is 14.4. The Kier molecular flexibility index (Phi) is 4.16. The fourth-order valence-corrected chi connectivity index (χ4v) is 2.81. The molecule has 0 bridgehead atoms. The molecule has 19 heavy (non-hydrogen) atoms. The number of rotatable bonds is 2. The molecule has 106 valence electrons. The number of likely N-dealkylation sites (N-methyl/N-ethyl adjacent to an activating group) is 1. The van der Waals surface area contributed by atoms with Gasteiger partial charge >= 0.3 is 0 Å². The monoisotopic (exact) mass is 262 g/mol. The van der Waals surface area contributed by atoms with Crippen LogP contribution in [0, 0.1) is 6.92 Å². The van der Waals surface area contributed by atoms with Crippen LogP contribution in [0.25, 0.3) is 0 Å². The van der Waals surface area contributed by atoms with Crippen molar-refractivity contribution in [1.29, 1.82) is 0 Å². The van der Waals surface area contributed by atoms with Gasteiger partial charge in [0.2, 0.25) is 0 Å². The van der Waals surface area contributed by atoms with Gasteiger partial charge in [-0.25, -0.2) is 0 Å². The van der Waals surface area contributed by atoms with Crippen LogP contribution < -0.4 is 4.90 Å². The van der Waals surface area contributed by atoms with Gasteiger partial charge in [-0.15, -0.1) is 0 Å². The second-order valence-electron chi connectivity index (χ2n) is 6.33. The molecule has 1 N–H and O–H groups in total. The maximum absolute atomic E-state index is 9.61. The molecule has 0 spiro atoms. The van der Waals surface area contributed by atoms with Crippen LogP contribution in [0.15, 0.2) is 24.3 Å². The van der Waals surface area contributed by atoms with Crippen LogP contribution in [0.5, 0.6) is 0 Å². The number of nitrogens with zero attached hydrogens (tertiary/aromatic N) is 2. The van der Waals surface area contributed by atoms with Crippen LogP contribution in [0.3, 0.4) is 0 Å². The predicted octanol–water partition coefficient (Wildman–Crippen LogP) is 2.28. The third kappa shape index (κ3) is 3.10. The van der Waals surface area contributed by atoms with Gasteiger partial charge < -0.3 is 10.0 Å². The number of hydrogen-bond donors (Lipinski definition) is 1. The first-order valence-electron chi connectivity index (χ1n) is 7.09. The Morgan fingerprint density at radius 2 is 2.11 bits per heavy atom. The Morgan fingerprint density at radius 1 is 1.37 bits per heavy atom. The molecular formula is C16H26N2O. The lowest BCUT2D eigenvalue weighted by atomic mass is 9.97. The molecule has 1 unspecified atom stereocenters. The van der Waals surface area contributed by atoms with Gasteiger partial charge in [-0.1, -0.05) is 12.1 Å². The molecule has 3 nitrogen and oxygen atoms in total. The molecule has 1 aliphatic heterocycles. The lowest BCUT2D eigenvalue weighted by Crippen LogP contribution is -2.48. The van der Waals surface area contributed by atoms with Crippen molar-refractivity contribution in [3.05, 3.63) is 29.8 Å². The standard InChI is InChI=1S/C16H26N2O/c1-13-6-5-7-14(10-13)18-11-15(12-19)17(4)9-8-16(18,2)3/h5-7,10,15,19H,8-9,11-12H2,1-4H3. The van der Waals surface area contributed by atoms with E-state index in [1.807, 2.05) is 0 Å². The van der Waals surface area contributed by atoms with E-state index in [-0.39, 0.29) is 18.2 Å². The minimum absolute atomic E-state index is 0.117. The highest BCUT2D eigenvalue weighted by atomic mass is 16.3. The average molecular weight is 262 g/mol. The van der Waals surface area contributed by atoms with Crippen molar-refractivity contribution >= 4 is 5.69 Å². The summed E-state index contributed by atoms with van der Waals surface area (Å²) in [6, 6.07) is 8.87. The van der Waals surface area contributed by atoms with E-state index in [1.54, 1.807) is 0 Å². The first-order chi connectivity index (χ1) is 8.94. The quantitative estimate of drug-likeness (QED) is 0.886. The highest BCUT2D eigenvalue weighted by Crippen LogP contribution is 2.30. The Labute approximate surface area is 116 Å². The molecule has 1 fully saturated rings. The molecule has 1 atom stereocenters. The van der Waals surface area contributed by atoms with Crippen molar-refractivity contribution < 1.29 is 5.11 Å². The van der Waals surface area contributed by atoms with Gasteiger partial charge in [-0.05, 0) is 51.9 Å². The van der Waals surface area contributed by atoms with Crippen molar-refractivity contribution in [2.75, 3.05) is 31.6 Å². The third-order valence-corrected chi connectivity index (χ3v) is 4.35. The third-order valence-electron chi connectivity index (χ3n) is 4.35. The van der Waals surface area contributed by atoms with E-state index < -0.39 is 0 Å². The van der Waals surface area contributed by atoms with Gasteiger partial charge in [0.1, 0.15) is 0 Å². The lowest BCUT2D eigenvalue weighted by Gasteiger charge is -2.40. The number of hydrogen-bond acceptors (Lipinski definition) is 3. The maximum Gasteiger partial charge on any atom is 0.0604 e. The zero-order chi connectivity index (χ0) is 14.0. The van der Waals surface area contributed by atoms with E-state index >= 15 is 0 Å². The largest absolute Gasteiger partial charge is 0.395 e. The number of anilines is 1. The molecule has 0 aromatic heterocycles. The van der Waals surface area contributed by atoms with E-state index in [0.29, 0.717) is 0 Å². The summed E-state index contributed by atoms with van der Waals surface area (Å²) >= 11 is 0. The summed E-state index contributed by atoms with van der Waals surface area (Å²) < 4.78 is 0. The van der Waals surface area contributed by atoms with Crippen molar-refractivity contribution in [2.45, 2.75) is 38.8 Å². The van der Waals surface area contributed by atoms with E-state index in [1.165, 1.54) is 11.3 Å². The Bertz CT molecular complexity index is 431. The fraction of sp³-hybridized carbons (Fsp3) is 0.625. The van der Waals surface area contributed by atoms with Crippen molar-refractivity contribution in [3.8, 4) is 0 Å². The van der Waals surface area contributed by atoms with Gasteiger partial charge in [-0.3, -0.25) is 4.90 Å². The molecule has 2 rings (SSSR count). The molecule has 1 aromatic carbocycles. The zero-order valence-electron chi connectivity index (χ0n) is 12.6. The second kappa shape index (κ2) is 5.51. The van der Waals surface area contributed by atoms with Crippen LogP contribution in [0.1, 0.15) is 25.8 Å². The molecule has 0 saturated carbocycles. The van der Waals surface area contributed by atoms with Crippen molar-refractivity contribution in [1.82, 2.24) is 4.90 Å². The Hall–Kier alpha value is -1.06. The minimum Gasteiger partial charge on any atom is -0.395 e. The number of aliphatic hydroxyl groups is 1. The lowest BCUT2D eigenvalue weighted by molar-refractivity contribution is 0.158. The molecular weight excluding hydrogens is 236 g/mol. The Morgan fingerprint density at radius 3 is 2.74 bits per heavy atom. The molecule has 1 heterocycles. The summed E-state index contributed by atoms with van der Waals surface area (Å²) in [5.41, 5.74) is 2.66. The van der Waals surface area contributed by atoms with E-state index in [4.69, 9.17) is 0 Å². The van der Waals surface area contributed by atoms with Gasteiger partial charge in [0.15, 0.2) is 0 Å². The molecule has 1 saturated heterocycles. The number of benzene rings is 1. The highest BCUT2D eigenvalue weighted by Gasteiger charge is 2.33. The topological polar surface area (TPSA) is 26.7 Å². The summed E-state index contributed by atoms with van der Waals surface area (Å²) in [7, 11) is 2.11. The fourth-order valence-electron chi connectivity index (χ4n) is 2.81. The highest BCUT2D eigenvalue weighted by molar-refractivity contribution is 5.51. The average Bonchev–Trinajstić information content (AvgIpc) is 2.47. The maximum atomic E-state index is 9.61. The molecule has 0 radical (unpaired) electrons. The number of aliphatic hydroxyl groups excluding tert-OH is 1. The summed E-state index contributed by atoms with van der Waals surface area (Å²) in [6.07, 6.45) is 1.11. The smallest absolute Gasteiger partial charge is 0.0604 e. The number of aryl methyl sites for hydroxylation is 1.